The number of carbonyl (C=O) groups is 1. The molecule has 3 aromatic carbocycles. The maximum Gasteiger partial charge on any atom is 0.261 e. The molecule has 3 aromatic rings. The van der Waals surface area contributed by atoms with Gasteiger partial charge in [-0.3, -0.25) is 14.4 Å². The summed E-state index contributed by atoms with van der Waals surface area (Å²) in [5, 5.41) is 2.89. The summed E-state index contributed by atoms with van der Waals surface area (Å²) in [5.74, 6) is 0.281. The topological polar surface area (TPSA) is 97.0 Å². The van der Waals surface area contributed by atoms with Crippen molar-refractivity contribution in [2.75, 3.05) is 38.1 Å². The molecule has 1 heterocycles. The Bertz CT molecular complexity index is 1260. The zero-order valence-corrected chi connectivity index (χ0v) is 20.4. The lowest BCUT2D eigenvalue weighted by Crippen LogP contribution is -2.35. The summed E-state index contributed by atoms with van der Waals surface area (Å²) < 4.78 is 38.7. The van der Waals surface area contributed by atoms with Crippen LogP contribution in [0.3, 0.4) is 0 Å². The lowest BCUT2D eigenvalue weighted by atomic mass is 10.1. The SMILES string of the molecule is COc1ccc(NS(=O)(=O)c2cccc(C(=O)NCc3cccc(CN4CCOCC4)c3)c2)cc1. The third-order valence-corrected chi connectivity index (χ3v) is 7.08. The fourth-order valence-corrected chi connectivity index (χ4v) is 4.92. The van der Waals surface area contributed by atoms with Crippen LogP contribution >= 0.6 is 0 Å². The quantitative estimate of drug-likeness (QED) is 0.473. The summed E-state index contributed by atoms with van der Waals surface area (Å²) in [7, 11) is -2.32. The number of hydrogen-bond donors (Lipinski definition) is 2. The molecule has 1 fully saturated rings. The van der Waals surface area contributed by atoms with Crippen molar-refractivity contribution in [2.24, 2.45) is 0 Å². The molecule has 4 rings (SSSR count). The molecule has 0 bridgehead atoms. The molecule has 0 spiro atoms. The standard InChI is InChI=1S/C26H29N3O5S/c1-33-24-10-8-23(9-11-24)28-35(31,32)25-7-3-6-22(17-25)26(30)27-18-20-4-2-5-21(16-20)19-29-12-14-34-15-13-29/h2-11,16-17,28H,12-15,18-19H2,1H3,(H,27,30). The molecular weight excluding hydrogens is 466 g/mol. The van der Waals surface area contributed by atoms with E-state index in [2.05, 4.69) is 27.1 Å². The smallest absolute Gasteiger partial charge is 0.261 e. The molecule has 1 saturated heterocycles. The predicted molar refractivity (Wildman–Crippen MR) is 134 cm³/mol. The second kappa shape index (κ2) is 11.4. The van der Waals surface area contributed by atoms with Crippen molar-refractivity contribution in [1.82, 2.24) is 10.2 Å². The summed E-state index contributed by atoms with van der Waals surface area (Å²) in [6.07, 6.45) is 0. The number of benzene rings is 3. The van der Waals surface area contributed by atoms with Gasteiger partial charge in [0.15, 0.2) is 0 Å². The maximum atomic E-state index is 12.8. The van der Waals surface area contributed by atoms with Crippen LogP contribution in [-0.4, -0.2) is 52.6 Å². The number of morpholine rings is 1. The molecule has 8 nitrogen and oxygen atoms in total. The lowest BCUT2D eigenvalue weighted by molar-refractivity contribution is 0.0342. The molecular formula is C26H29N3O5S. The third kappa shape index (κ3) is 6.82. The molecule has 1 aliphatic rings. The van der Waals surface area contributed by atoms with Crippen molar-refractivity contribution in [1.29, 1.82) is 0 Å². The number of anilines is 1. The van der Waals surface area contributed by atoms with Crippen LogP contribution in [0.25, 0.3) is 0 Å². The van der Waals surface area contributed by atoms with Crippen LogP contribution in [-0.2, 0) is 27.8 Å². The molecule has 0 radical (unpaired) electrons. The van der Waals surface area contributed by atoms with Gasteiger partial charge in [-0.25, -0.2) is 8.42 Å². The van der Waals surface area contributed by atoms with Crippen molar-refractivity contribution < 1.29 is 22.7 Å². The molecule has 0 unspecified atom stereocenters. The Kier molecular flexibility index (Phi) is 8.02. The Hall–Kier alpha value is -3.40. The molecule has 0 aromatic heterocycles. The molecule has 0 atom stereocenters. The summed E-state index contributed by atoms with van der Waals surface area (Å²) >= 11 is 0. The number of amides is 1. The number of rotatable bonds is 9. The van der Waals surface area contributed by atoms with Crippen LogP contribution in [0.4, 0.5) is 5.69 Å². The highest BCUT2D eigenvalue weighted by Crippen LogP contribution is 2.20. The first-order chi connectivity index (χ1) is 16.9. The van der Waals surface area contributed by atoms with Crippen molar-refractivity contribution in [2.45, 2.75) is 18.0 Å². The summed E-state index contributed by atoms with van der Waals surface area (Å²) in [6.45, 7) is 4.50. The normalized spacial score (nSPS) is 14.3. The van der Waals surface area contributed by atoms with E-state index in [0.29, 0.717) is 18.0 Å². The summed E-state index contributed by atoms with van der Waals surface area (Å²) in [5.41, 5.74) is 2.83. The monoisotopic (exact) mass is 495 g/mol. The minimum absolute atomic E-state index is 0.00785. The van der Waals surface area contributed by atoms with Gasteiger partial charge in [0.2, 0.25) is 0 Å². The van der Waals surface area contributed by atoms with Gasteiger partial charge in [-0.15, -0.1) is 0 Å². The van der Waals surface area contributed by atoms with E-state index in [4.69, 9.17) is 9.47 Å². The Labute approximate surface area is 205 Å². The molecule has 1 aliphatic heterocycles. The third-order valence-electron chi connectivity index (χ3n) is 5.70. The minimum atomic E-state index is -3.86. The van der Waals surface area contributed by atoms with E-state index in [1.807, 2.05) is 12.1 Å². The Morgan fingerprint density at radius 1 is 0.971 bits per heavy atom. The maximum absolute atomic E-state index is 12.8. The van der Waals surface area contributed by atoms with Gasteiger partial charge in [-0.05, 0) is 53.6 Å². The van der Waals surface area contributed by atoms with Crippen molar-refractivity contribution in [3.63, 3.8) is 0 Å². The van der Waals surface area contributed by atoms with E-state index in [1.54, 1.807) is 36.4 Å². The number of nitrogens with one attached hydrogen (secondary N) is 2. The Morgan fingerprint density at radius 3 is 2.43 bits per heavy atom. The molecule has 9 heteroatoms. The fraction of sp³-hybridized carbons (Fsp3) is 0.269. The first-order valence-corrected chi connectivity index (χ1v) is 12.8. The van der Waals surface area contributed by atoms with Gasteiger partial charge >= 0.3 is 0 Å². The first kappa shape index (κ1) is 24.7. The van der Waals surface area contributed by atoms with E-state index in [0.717, 1.165) is 38.4 Å². The van der Waals surface area contributed by atoms with Gasteiger partial charge in [-0.1, -0.05) is 30.3 Å². The number of sulfonamides is 1. The minimum Gasteiger partial charge on any atom is -0.497 e. The zero-order chi connectivity index (χ0) is 24.7. The van der Waals surface area contributed by atoms with Gasteiger partial charge in [0.05, 0.1) is 25.2 Å². The second-order valence-corrected chi connectivity index (χ2v) is 9.94. The Morgan fingerprint density at radius 2 is 1.69 bits per heavy atom. The average molecular weight is 496 g/mol. The second-order valence-electron chi connectivity index (χ2n) is 8.25. The number of ether oxygens (including phenoxy) is 2. The van der Waals surface area contributed by atoms with E-state index in [1.165, 1.54) is 24.8 Å². The largest absolute Gasteiger partial charge is 0.497 e. The highest BCUT2D eigenvalue weighted by molar-refractivity contribution is 7.92. The fourth-order valence-electron chi connectivity index (χ4n) is 3.82. The molecule has 35 heavy (non-hydrogen) atoms. The first-order valence-electron chi connectivity index (χ1n) is 11.4. The van der Waals surface area contributed by atoms with Crippen molar-refractivity contribution >= 4 is 21.6 Å². The molecule has 0 aliphatic carbocycles. The van der Waals surface area contributed by atoms with E-state index < -0.39 is 10.0 Å². The van der Waals surface area contributed by atoms with Crippen LogP contribution in [0.15, 0.2) is 77.7 Å². The summed E-state index contributed by atoms with van der Waals surface area (Å²) in [4.78, 5) is 15.1. The molecule has 2 N–H and O–H groups in total. The average Bonchev–Trinajstić information content (AvgIpc) is 2.88. The zero-order valence-electron chi connectivity index (χ0n) is 19.6. The highest BCUT2D eigenvalue weighted by atomic mass is 32.2. The van der Waals surface area contributed by atoms with E-state index >= 15 is 0 Å². The van der Waals surface area contributed by atoms with Gasteiger partial charge in [0.25, 0.3) is 15.9 Å². The predicted octanol–water partition coefficient (Wildman–Crippen LogP) is 3.26. The molecule has 184 valence electrons. The van der Waals surface area contributed by atoms with Gasteiger partial charge < -0.3 is 14.8 Å². The number of nitrogens with zero attached hydrogens (tertiary/aromatic N) is 1. The van der Waals surface area contributed by atoms with Gasteiger partial charge in [-0.2, -0.15) is 0 Å². The highest BCUT2D eigenvalue weighted by Gasteiger charge is 2.17. The van der Waals surface area contributed by atoms with Crippen LogP contribution in [0.5, 0.6) is 5.75 Å². The molecule has 1 amide bonds. The van der Waals surface area contributed by atoms with E-state index in [-0.39, 0.29) is 16.4 Å². The van der Waals surface area contributed by atoms with Crippen molar-refractivity contribution in [3.8, 4) is 5.75 Å². The van der Waals surface area contributed by atoms with Gasteiger partial charge in [0, 0.05) is 37.4 Å². The Balaban J connectivity index is 1.38. The van der Waals surface area contributed by atoms with Gasteiger partial charge in [0.1, 0.15) is 5.75 Å². The van der Waals surface area contributed by atoms with Crippen LogP contribution in [0.2, 0.25) is 0 Å². The summed E-state index contributed by atoms with van der Waals surface area (Å²) in [6, 6.07) is 20.6. The number of carbonyl (C=O) groups excluding carboxylic acids is 1. The van der Waals surface area contributed by atoms with Crippen molar-refractivity contribution in [3.05, 3.63) is 89.5 Å². The molecule has 0 saturated carbocycles. The van der Waals surface area contributed by atoms with Crippen LogP contribution < -0.4 is 14.8 Å². The number of methoxy groups -OCH3 is 1. The van der Waals surface area contributed by atoms with Crippen LogP contribution in [0, 0.1) is 0 Å². The van der Waals surface area contributed by atoms with E-state index in [9.17, 15) is 13.2 Å². The lowest BCUT2D eigenvalue weighted by Gasteiger charge is -2.26. The number of hydrogen-bond acceptors (Lipinski definition) is 6. The van der Waals surface area contributed by atoms with Crippen LogP contribution in [0.1, 0.15) is 21.5 Å².